The van der Waals surface area contributed by atoms with Crippen LogP contribution in [0.5, 0.6) is 11.5 Å². The molecule has 1 aliphatic rings. The monoisotopic (exact) mass is 422 g/mol. The Labute approximate surface area is 172 Å². The summed E-state index contributed by atoms with van der Waals surface area (Å²) in [6.45, 7) is 3.71. The van der Waals surface area contributed by atoms with Crippen molar-refractivity contribution < 1.29 is 23.8 Å². The van der Waals surface area contributed by atoms with Crippen molar-refractivity contribution in [2.75, 3.05) is 32.6 Å². The predicted octanol–water partition coefficient (Wildman–Crippen LogP) is 2.77. The van der Waals surface area contributed by atoms with Crippen LogP contribution in [0, 0.1) is 0 Å². The molecule has 9 heteroatoms. The van der Waals surface area contributed by atoms with E-state index < -0.39 is 0 Å². The molecule has 0 radical (unpaired) electrons. The van der Waals surface area contributed by atoms with Gasteiger partial charge in [0.05, 0.1) is 24.5 Å². The van der Waals surface area contributed by atoms with Gasteiger partial charge < -0.3 is 19.1 Å². The minimum Gasteiger partial charge on any atom is -0.486 e. The van der Waals surface area contributed by atoms with Gasteiger partial charge in [-0.1, -0.05) is 17.8 Å². The molecule has 3 rings (SSSR count). The Balaban J connectivity index is 1.48. The van der Waals surface area contributed by atoms with Crippen LogP contribution in [0.15, 0.2) is 27.9 Å². The van der Waals surface area contributed by atoms with E-state index in [1.807, 2.05) is 23.6 Å². The lowest BCUT2D eigenvalue weighted by molar-refractivity contribution is -0.142. The van der Waals surface area contributed by atoms with E-state index in [1.165, 1.54) is 23.1 Å². The number of ether oxygens (including phenoxy) is 3. The Bertz CT molecular complexity index is 839. The maximum absolute atomic E-state index is 12.4. The Morgan fingerprint density at radius 2 is 2.07 bits per heavy atom. The molecular formula is C19H22N2O5S2. The van der Waals surface area contributed by atoms with Gasteiger partial charge in [0.1, 0.15) is 13.2 Å². The van der Waals surface area contributed by atoms with Crippen molar-refractivity contribution in [2.24, 2.45) is 0 Å². The Kier molecular flexibility index (Phi) is 7.16. The van der Waals surface area contributed by atoms with Crippen LogP contribution < -0.4 is 9.47 Å². The summed E-state index contributed by atoms with van der Waals surface area (Å²) in [5.41, 5.74) is 1.65. The summed E-state index contributed by atoms with van der Waals surface area (Å²) in [7, 11) is 1.77. The molecule has 0 saturated heterocycles. The van der Waals surface area contributed by atoms with E-state index >= 15 is 0 Å². The molecule has 0 N–H and O–H groups in total. The third kappa shape index (κ3) is 5.62. The molecule has 0 saturated carbocycles. The first-order valence-corrected chi connectivity index (χ1v) is 10.8. The highest BCUT2D eigenvalue weighted by molar-refractivity contribution is 8.01. The van der Waals surface area contributed by atoms with Crippen molar-refractivity contribution in [1.29, 1.82) is 0 Å². The topological polar surface area (TPSA) is 78.0 Å². The first kappa shape index (κ1) is 20.5. The highest BCUT2D eigenvalue weighted by atomic mass is 32.2. The predicted molar refractivity (Wildman–Crippen MR) is 107 cm³/mol. The zero-order valence-electron chi connectivity index (χ0n) is 15.8. The normalized spacial score (nSPS) is 12.5. The van der Waals surface area contributed by atoms with Crippen LogP contribution in [0.1, 0.15) is 18.2 Å². The van der Waals surface area contributed by atoms with Crippen molar-refractivity contribution in [3.8, 4) is 11.5 Å². The molecule has 1 aromatic heterocycles. The summed E-state index contributed by atoms with van der Waals surface area (Å²) < 4.78 is 16.8. The Hall–Kier alpha value is -2.26. The molecule has 28 heavy (non-hydrogen) atoms. The number of benzene rings is 1. The molecular weight excluding hydrogens is 400 g/mol. The number of carbonyl (C=O) groups is 2. The molecule has 7 nitrogen and oxygen atoms in total. The SMILES string of the molecule is CCOC(=O)Cc1csc(SCC(=O)N(C)Cc2ccc3c(c2)OCCO3)n1. The summed E-state index contributed by atoms with van der Waals surface area (Å²) in [6.07, 6.45) is 0.156. The van der Waals surface area contributed by atoms with Gasteiger partial charge in [-0.3, -0.25) is 9.59 Å². The summed E-state index contributed by atoms with van der Waals surface area (Å²) in [5.74, 6) is 1.45. The number of rotatable bonds is 8. The van der Waals surface area contributed by atoms with Gasteiger partial charge in [0.25, 0.3) is 0 Å². The van der Waals surface area contributed by atoms with Crippen molar-refractivity contribution in [3.05, 3.63) is 34.8 Å². The first-order valence-electron chi connectivity index (χ1n) is 8.90. The van der Waals surface area contributed by atoms with Gasteiger partial charge in [-0.15, -0.1) is 11.3 Å². The van der Waals surface area contributed by atoms with Gasteiger partial charge in [0, 0.05) is 19.0 Å². The highest BCUT2D eigenvalue weighted by Gasteiger charge is 2.16. The minimum atomic E-state index is -0.292. The van der Waals surface area contributed by atoms with Crippen LogP contribution >= 0.6 is 23.1 Å². The van der Waals surface area contributed by atoms with Crippen molar-refractivity contribution in [3.63, 3.8) is 0 Å². The third-order valence-corrected chi connectivity index (χ3v) is 5.99. The Morgan fingerprint density at radius 1 is 1.29 bits per heavy atom. The molecule has 0 spiro atoms. The largest absolute Gasteiger partial charge is 0.486 e. The number of carbonyl (C=O) groups excluding carboxylic acids is 2. The zero-order chi connectivity index (χ0) is 19.9. The lowest BCUT2D eigenvalue weighted by atomic mass is 10.2. The van der Waals surface area contributed by atoms with E-state index in [0.717, 1.165) is 21.4 Å². The van der Waals surface area contributed by atoms with E-state index in [-0.39, 0.29) is 24.1 Å². The third-order valence-electron chi connectivity index (χ3n) is 3.93. The summed E-state index contributed by atoms with van der Waals surface area (Å²) in [5, 5.41) is 1.82. The van der Waals surface area contributed by atoms with E-state index in [4.69, 9.17) is 14.2 Å². The average Bonchev–Trinajstić information content (AvgIpc) is 3.13. The summed E-state index contributed by atoms with van der Waals surface area (Å²) in [6, 6.07) is 5.72. The molecule has 0 atom stereocenters. The second-order valence-electron chi connectivity index (χ2n) is 6.10. The fraction of sp³-hybridized carbons (Fsp3) is 0.421. The molecule has 2 heterocycles. The maximum atomic E-state index is 12.4. The fourth-order valence-electron chi connectivity index (χ4n) is 2.58. The smallest absolute Gasteiger partial charge is 0.311 e. The van der Waals surface area contributed by atoms with Crippen LogP contribution in [0.25, 0.3) is 0 Å². The molecule has 1 amide bonds. The second-order valence-corrected chi connectivity index (χ2v) is 8.18. The van der Waals surface area contributed by atoms with Gasteiger partial charge in [0.15, 0.2) is 15.8 Å². The average molecular weight is 423 g/mol. The number of aromatic nitrogens is 1. The van der Waals surface area contributed by atoms with Gasteiger partial charge in [-0.05, 0) is 24.6 Å². The van der Waals surface area contributed by atoms with Crippen LogP contribution in [-0.4, -0.2) is 54.4 Å². The summed E-state index contributed by atoms with van der Waals surface area (Å²) >= 11 is 2.80. The molecule has 0 unspecified atom stereocenters. The Morgan fingerprint density at radius 3 is 2.86 bits per heavy atom. The van der Waals surface area contributed by atoms with Gasteiger partial charge in [-0.25, -0.2) is 4.98 Å². The van der Waals surface area contributed by atoms with Gasteiger partial charge >= 0.3 is 5.97 Å². The molecule has 0 bridgehead atoms. The number of fused-ring (bicyclic) bond motifs is 1. The fourth-order valence-corrected chi connectivity index (χ4v) is 4.36. The lowest BCUT2D eigenvalue weighted by Crippen LogP contribution is -2.27. The van der Waals surface area contributed by atoms with Gasteiger partial charge in [0.2, 0.25) is 5.91 Å². The number of hydrogen-bond acceptors (Lipinski definition) is 8. The quantitative estimate of drug-likeness (QED) is 0.478. The zero-order valence-corrected chi connectivity index (χ0v) is 17.4. The van der Waals surface area contributed by atoms with Gasteiger partial charge in [-0.2, -0.15) is 0 Å². The van der Waals surface area contributed by atoms with E-state index in [2.05, 4.69) is 4.98 Å². The van der Waals surface area contributed by atoms with E-state index in [1.54, 1.807) is 18.9 Å². The first-order chi connectivity index (χ1) is 13.5. The number of hydrogen-bond donors (Lipinski definition) is 0. The molecule has 1 aliphatic heterocycles. The number of esters is 1. The second kappa shape index (κ2) is 9.79. The molecule has 0 fully saturated rings. The number of thiazole rings is 1. The van der Waals surface area contributed by atoms with Crippen LogP contribution in [0.2, 0.25) is 0 Å². The van der Waals surface area contributed by atoms with Crippen LogP contribution in [0.3, 0.4) is 0 Å². The van der Waals surface area contributed by atoms with E-state index in [0.29, 0.717) is 32.1 Å². The molecule has 150 valence electrons. The number of nitrogens with zero attached hydrogens (tertiary/aromatic N) is 2. The highest BCUT2D eigenvalue weighted by Crippen LogP contribution is 2.31. The van der Waals surface area contributed by atoms with Crippen molar-refractivity contribution >= 4 is 35.0 Å². The standard InChI is InChI=1S/C19H22N2O5S2/c1-3-24-18(23)9-14-11-27-19(20-14)28-12-17(22)21(2)10-13-4-5-15-16(8-13)26-7-6-25-15/h4-5,8,11H,3,6-7,9-10,12H2,1-2H3. The van der Waals surface area contributed by atoms with Crippen molar-refractivity contribution in [1.82, 2.24) is 9.88 Å². The number of thioether (sulfide) groups is 1. The molecule has 1 aromatic carbocycles. The van der Waals surface area contributed by atoms with Crippen LogP contribution in [-0.2, 0) is 27.3 Å². The molecule has 0 aliphatic carbocycles. The number of amides is 1. The lowest BCUT2D eigenvalue weighted by Gasteiger charge is -2.21. The van der Waals surface area contributed by atoms with E-state index in [9.17, 15) is 9.59 Å². The molecule has 2 aromatic rings. The van der Waals surface area contributed by atoms with Crippen LogP contribution in [0.4, 0.5) is 0 Å². The van der Waals surface area contributed by atoms with Crippen molar-refractivity contribution in [2.45, 2.75) is 24.2 Å². The minimum absolute atomic E-state index is 0.00188. The summed E-state index contributed by atoms with van der Waals surface area (Å²) in [4.78, 5) is 30.0. The maximum Gasteiger partial charge on any atom is 0.311 e.